The molecule has 0 saturated heterocycles. The molecule has 2 rings (SSSR count). The molecule has 8 heteroatoms. The number of aryl methyl sites for hydroxylation is 2. The Bertz CT molecular complexity index is 715. The lowest BCUT2D eigenvalue weighted by Crippen LogP contribution is -2.17. The van der Waals surface area contributed by atoms with E-state index < -0.39 is 24.9 Å². The summed E-state index contributed by atoms with van der Waals surface area (Å²) in [6.45, 7) is 3.70. The number of carbonyl (C=O) groups excluding carboxylic acids is 1. The Kier molecular flexibility index (Phi) is 5.02. The molecule has 0 radical (unpaired) electrons. The molecule has 0 aliphatic carbocycles. The number of anilines is 1. The molecule has 1 heterocycles. The predicted octanol–water partition coefficient (Wildman–Crippen LogP) is 2.83. The first kappa shape index (κ1) is 17.0. The summed E-state index contributed by atoms with van der Waals surface area (Å²) in [5.41, 5.74) is 2.25. The molecule has 1 unspecified atom stereocenters. The number of nitrogens with one attached hydrogen (secondary N) is 1. The lowest BCUT2D eigenvalue weighted by Gasteiger charge is -2.07. The Labute approximate surface area is 131 Å². The van der Waals surface area contributed by atoms with Gasteiger partial charge in [-0.2, -0.15) is 4.98 Å². The molecule has 2 aromatic rings. The fourth-order valence-electron chi connectivity index (χ4n) is 2.08. The van der Waals surface area contributed by atoms with Crippen LogP contribution in [0.1, 0.15) is 27.3 Å². The molecule has 1 N–H and O–H groups in total. The van der Waals surface area contributed by atoms with Gasteiger partial charge in [-0.15, -0.1) is 5.10 Å². The molecule has 0 bridgehead atoms. The number of halogens is 3. The molecule has 1 amide bonds. The third-order valence-corrected chi connectivity index (χ3v) is 3.58. The number of benzene rings is 1. The van der Waals surface area contributed by atoms with Crippen molar-refractivity contribution in [1.82, 2.24) is 14.8 Å². The van der Waals surface area contributed by atoms with Gasteiger partial charge in [-0.05, 0) is 31.0 Å². The monoisotopic (exact) mass is 326 g/mol. The molecule has 1 aromatic carbocycles. The van der Waals surface area contributed by atoms with E-state index in [2.05, 4.69) is 15.4 Å². The van der Waals surface area contributed by atoms with E-state index in [-0.39, 0.29) is 11.8 Å². The zero-order valence-corrected chi connectivity index (χ0v) is 13.0. The van der Waals surface area contributed by atoms with Crippen molar-refractivity contribution in [3.05, 3.63) is 40.7 Å². The minimum Gasteiger partial charge on any atom is -0.289 e. The Morgan fingerprint density at radius 1 is 1.30 bits per heavy atom. The third-order valence-electron chi connectivity index (χ3n) is 3.58. The molecule has 1 aromatic heterocycles. The lowest BCUT2D eigenvalue weighted by molar-refractivity contribution is 0.0488. The third kappa shape index (κ3) is 3.88. The maximum absolute atomic E-state index is 13.1. The normalized spacial score (nSPS) is 12.5. The number of carbonyl (C=O) groups is 1. The minimum absolute atomic E-state index is 0.0362. The fourth-order valence-corrected chi connectivity index (χ4v) is 2.08. The first-order valence-electron chi connectivity index (χ1n) is 6.99. The average Bonchev–Trinajstić information content (AvgIpc) is 2.81. The van der Waals surface area contributed by atoms with Crippen LogP contribution in [0, 0.1) is 13.8 Å². The molecule has 1 atom stereocenters. The molecule has 5 nitrogen and oxygen atoms in total. The van der Waals surface area contributed by atoms with E-state index in [0.717, 1.165) is 11.1 Å². The van der Waals surface area contributed by atoms with Gasteiger partial charge in [-0.25, -0.2) is 13.2 Å². The number of rotatable bonds is 5. The average molecular weight is 326 g/mol. The van der Waals surface area contributed by atoms with E-state index in [4.69, 9.17) is 0 Å². The Morgan fingerprint density at radius 3 is 2.65 bits per heavy atom. The van der Waals surface area contributed by atoms with Crippen LogP contribution in [-0.2, 0) is 13.5 Å². The molecule has 0 fully saturated rings. The van der Waals surface area contributed by atoms with Gasteiger partial charge in [0, 0.05) is 19.0 Å². The summed E-state index contributed by atoms with van der Waals surface area (Å²) < 4.78 is 38.8. The van der Waals surface area contributed by atoms with Crippen LogP contribution in [0.25, 0.3) is 0 Å². The first-order valence-corrected chi connectivity index (χ1v) is 6.99. The smallest absolute Gasteiger partial charge is 0.269 e. The van der Waals surface area contributed by atoms with E-state index >= 15 is 0 Å². The Balaban J connectivity index is 2.15. The van der Waals surface area contributed by atoms with Crippen LogP contribution >= 0.6 is 0 Å². The van der Waals surface area contributed by atoms with E-state index in [0.29, 0.717) is 5.56 Å². The van der Waals surface area contributed by atoms with Crippen molar-refractivity contribution >= 4 is 11.9 Å². The van der Waals surface area contributed by atoms with Crippen molar-refractivity contribution in [2.45, 2.75) is 32.9 Å². The van der Waals surface area contributed by atoms with Crippen LogP contribution in [-0.4, -0.2) is 33.3 Å². The highest BCUT2D eigenvalue weighted by Crippen LogP contribution is 2.16. The van der Waals surface area contributed by atoms with Crippen LogP contribution in [0.2, 0.25) is 0 Å². The topological polar surface area (TPSA) is 59.8 Å². The maximum atomic E-state index is 13.1. The molecule has 0 saturated carbocycles. The highest BCUT2D eigenvalue weighted by Gasteiger charge is 2.23. The number of amides is 1. The number of hydrogen-bond donors (Lipinski definition) is 1. The lowest BCUT2D eigenvalue weighted by atomic mass is 10.0. The van der Waals surface area contributed by atoms with Crippen molar-refractivity contribution in [3.8, 4) is 0 Å². The van der Waals surface area contributed by atoms with Gasteiger partial charge < -0.3 is 0 Å². The van der Waals surface area contributed by atoms with E-state index in [1.54, 1.807) is 12.1 Å². The van der Waals surface area contributed by atoms with Crippen molar-refractivity contribution in [2.24, 2.45) is 7.05 Å². The first-order chi connectivity index (χ1) is 10.8. The number of aromatic nitrogens is 3. The summed E-state index contributed by atoms with van der Waals surface area (Å²) >= 11 is 0. The second-order valence-corrected chi connectivity index (χ2v) is 5.23. The number of hydrogen-bond acceptors (Lipinski definition) is 3. The Hall–Kier alpha value is -2.38. The van der Waals surface area contributed by atoms with Crippen LogP contribution in [0.4, 0.5) is 19.1 Å². The zero-order chi connectivity index (χ0) is 17.1. The standard InChI is InChI=1S/C15H17F3N4O/c1-8-5-4-6-10(9(8)2)14(23)20-15-19-12(22(3)21-15)7-11(16)13(17)18/h4-6,11,13H,7H2,1-3H3,(H,20,21,23). The molecule has 0 aliphatic rings. The van der Waals surface area contributed by atoms with Crippen molar-refractivity contribution in [2.75, 3.05) is 5.32 Å². The van der Waals surface area contributed by atoms with Crippen LogP contribution < -0.4 is 5.32 Å². The highest BCUT2D eigenvalue weighted by molar-refractivity contribution is 6.04. The van der Waals surface area contributed by atoms with Gasteiger partial charge in [0.1, 0.15) is 5.82 Å². The van der Waals surface area contributed by atoms with Gasteiger partial charge in [0.25, 0.3) is 12.3 Å². The van der Waals surface area contributed by atoms with Gasteiger partial charge in [-0.3, -0.25) is 14.8 Å². The quantitative estimate of drug-likeness (QED) is 0.919. The second kappa shape index (κ2) is 6.80. The second-order valence-electron chi connectivity index (χ2n) is 5.23. The predicted molar refractivity (Wildman–Crippen MR) is 79.5 cm³/mol. The number of alkyl halides is 3. The van der Waals surface area contributed by atoms with Crippen LogP contribution in [0.15, 0.2) is 18.2 Å². The van der Waals surface area contributed by atoms with Gasteiger partial charge in [-0.1, -0.05) is 12.1 Å². The van der Waals surface area contributed by atoms with Gasteiger partial charge in [0.05, 0.1) is 0 Å². The largest absolute Gasteiger partial charge is 0.289 e. The fraction of sp³-hybridized carbons (Fsp3) is 0.400. The number of nitrogens with zero attached hydrogens (tertiary/aromatic N) is 3. The van der Waals surface area contributed by atoms with Gasteiger partial charge in [0.2, 0.25) is 5.95 Å². The molecule has 0 aliphatic heterocycles. The molecular formula is C15H17F3N4O. The van der Waals surface area contributed by atoms with Gasteiger partial charge in [0.15, 0.2) is 6.17 Å². The SMILES string of the molecule is Cc1cccc(C(=O)Nc2nc(CC(F)C(F)F)n(C)n2)c1C. The van der Waals surface area contributed by atoms with Crippen molar-refractivity contribution in [1.29, 1.82) is 0 Å². The summed E-state index contributed by atoms with van der Waals surface area (Å²) in [5, 5.41) is 6.40. The van der Waals surface area contributed by atoms with Crippen LogP contribution in [0.3, 0.4) is 0 Å². The van der Waals surface area contributed by atoms with E-state index in [1.165, 1.54) is 11.7 Å². The summed E-state index contributed by atoms with van der Waals surface area (Å²) in [5.74, 6) is -0.419. The summed E-state index contributed by atoms with van der Waals surface area (Å²) in [6, 6.07) is 5.30. The molecule has 0 spiro atoms. The highest BCUT2D eigenvalue weighted by atomic mass is 19.3. The summed E-state index contributed by atoms with van der Waals surface area (Å²) in [4.78, 5) is 16.1. The molecule has 23 heavy (non-hydrogen) atoms. The molecular weight excluding hydrogens is 309 g/mol. The zero-order valence-electron chi connectivity index (χ0n) is 13.0. The van der Waals surface area contributed by atoms with Gasteiger partial charge >= 0.3 is 0 Å². The maximum Gasteiger partial charge on any atom is 0.269 e. The molecule has 124 valence electrons. The minimum atomic E-state index is -3.08. The Morgan fingerprint density at radius 2 is 2.00 bits per heavy atom. The van der Waals surface area contributed by atoms with Crippen LogP contribution in [0.5, 0.6) is 0 Å². The van der Waals surface area contributed by atoms with E-state index in [9.17, 15) is 18.0 Å². The summed E-state index contributed by atoms with van der Waals surface area (Å²) in [6.07, 6.45) is -5.97. The summed E-state index contributed by atoms with van der Waals surface area (Å²) in [7, 11) is 1.45. The van der Waals surface area contributed by atoms with Crippen molar-refractivity contribution in [3.63, 3.8) is 0 Å². The van der Waals surface area contributed by atoms with Crippen molar-refractivity contribution < 1.29 is 18.0 Å². The van der Waals surface area contributed by atoms with E-state index in [1.807, 2.05) is 19.9 Å².